The van der Waals surface area contributed by atoms with Crippen LogP contribution in [0.2, 0.25) is 0 Å². The van der Waals surface area contributed by atoms with E-state index in [1.165, 1.54) is 0 Å². The van der Waals surface area contributed by atoms with Crippen LogP contribution in [-0.2, 0) is 9.53 Å². The Morgan fingerprint density at radius 2 is 2.16 bits per heavy atom. The molecule has 2 aromatic rings. The topological polar surface area (TPSA) is 99.6 Å². The van der Waals surface area contributed by atoms with Gasteiger partial charge in [-0.05, 0) is 43.9 Å². The Morgan fingerprint density at radius 1 is 1.35 bits per heavy atom. The minimum Gasteiger partial charge on any atom is -0.481 e. The number of aromatic nitrogens is 2. The highest BCUT2D eigenvalue weighted by Gasteiger charge is 2.32. The Labute approximate surface area is 183 Å². The number of anilines is 3. The van der Waals surface area contributed by atoms with Crippen molar-refractivity contribution in [3.8, 4) is 0 Å². The molecule has 31 heavy (non-hydrogen) atoms. The van der Waals surface area contributed by atoms with Crippen LogP contribution in [0.25, 0.3) is 0 Å². The molecule has 0 amide bonds. The number of aryl methyl sites for hydroxylation is 1. The van der Waals surface area contributed by atoms with E-state index in [1.807, 2.05) is 25.3 Å². The normalized spacial score (nSPS) is 24.1. The fourth-order valence-electron chi connectivity index (χ4n) is 4.41. The maximum Gasteiger partial charge on any atom is 0.306 e. The van der Waals surface area contributed by atoms with E-state index in [0.29, 0.717) is 25.3 Å². The number of rotatable bonds is 6. The summed E-state index contributed by atoms with van der Waals surface area (Å²) in [6.45, 7) is 7.25. The third-order valence-electron chi connectivity index (χ3n) is 6.22. The molecule has 8 heteroatoms. The van der Waals surface area contributed by atoms with Crippen LogP contribution < -0.4 is 15.5 Å². The Morgan fingerprint density at radius 3 is 2.84 bits per heavy atom. The molecule has 1 aromatic carbocycles. The number of benzene rings is 1. The predicted octanol–water partition coefficient (Wildman–Crippen LogP) is 3.27. The lowest BCUT2D eigenvalue weighted by Crippen LogP contribution is -2.45. The zero-order valence-corrected chi connectivity index (χ0v) is 18.2. The Kier molecular flexibility index (Phi) is 6.67. The second kappa shape index (κ2) is 9.62. The van der Waals surface area contributed by atoms with Gasteiger partial charge in [0.25, 0.3) is 0 Å². The Bertz CT molecular complexity index is 899. The minimum absolute atomic E-state index is 0.0877. The van der Waals surface area contributed by atoms with Gasteiger partial charge in [-0.15, -0.1) is 0 Å². The lowest BCUT2D eigenvalue weighted by atomic mass is 9.89. The van der Waals surface area contributed by atoms with Gasteiger partial charge in [-0.25, -0.2) is 4.98 Å². The maximum absolute atomic E-state index is 11.4. The third-order valence-corrected chi connectivity index (χ3v) is 6.22. The molecule has 2 aliphatic rings. The first-order valence-corrected chi connectivity index (χ1v) is 11.1. The SMILES string of the molecule is CCC1CC(C(=O)O)CCN1c1nc(Nc2ccc(C3CNCCO3)cc2)ncc1C. The summed E-state index contributed by atoms with van der Waals surface area (Å²) < 4.78 is 5.81. The molecule has 2 saturated heterocycles. The highest BCUT2D eigenvalue weighted by Crippen LogP contribution is 2.31. The van der Waals surface area contributed by atoms with E-state index in [4.69, 9.17) is 9.72 Å². The van der Waals surface area contributed by atoms with Crippen molar-refractivity contribution < 1.29 is 14.6 Å². The maximum atomic E-state index is 11.4. The average Bonchev–Trinajstić information content (AvgIpc) is 2.81. The van der Waals surface area contributed by atoms with Crippen LogP contribution in [0.4, 0.5) is 17.5 Å². The summed E-state index contributed by atoms with van der Waals surface area (Å²) in [4.78, 5) is 22.9. The molecule has 3 N–H and O–H groups in total. The molecular weight excluding hydrogens is 394 g/mol. The molecule has 1 aromatic heterocycles. The molecule has 0 aliphatic carbocycles. The van der Waals surface area contributed by atoms with E-state index >= 15 is 0 Å². The largest absolute Gasteiger partial charge is 0.481 e. The zero-order chi connectivity index (χ0) is 21.8. The first kappa shape index (κ1) is 21.5. The second-order valence-corrected chi connectivity index (χ2v) is 8.33. The van der Waals surface area contributed by atoms with Gasteiger partial charge in [-0.1, -0.05) is 19.1 Å². The lowest BCUT2D eigenvalue weighted by molar-refractivity contribution is -0.142. The molecule has 0 bridgehead atoms. The van der Waals surface area contributed by atoms with Crippen molar-refractivity contribution in [1.29, 1.82) is 0 Å². The van der Waals surface area contributed by atoms with Gasteiger partial charge in [0.2, 0.25) is 5.95 Å². The van der Waals surface area contributed by atoms with E-state index in [-0.39, 0.29) is 18.1 Å². The van der Waals surface area contributed by atoms with Gasteiger partial charge in [0.15, 0.2) is 0 Å². The molecule has 0 radical (unpaired) electrons. The van der Waals surface area contributed by atoms with Gasteiger partial charge in [0.05, 0.1) is 18.6 Å². The van der Waals surface area contributed by atoms with Crippen LogP contribution in [0.15, 0.2) is 30.5 Å². The minimum atomic E-state index is -0.697. The molecule has 2 aliphatic heterocycles. The van der Waals surface area contributed by atoms with Crippen LogP contribution in [-0.4, -0.2) is 53.3 Å². The first-order chi connectivity index (χ1) is 15.0. The summed E-state index contributed by atoms with van der Waals surface area (Å²) in [7, 11) is 0. The summed E-state index contributed by atoms with van der Waals surface area (Å²) >= 11 is 0. The van der Waals surface area contributed by atoms with Crippen molar-refractivity contribution in [3.63, 3.8) is 0 Å². The van der Waals surface area contributed by atoms with E-state index in [0.717, 1.165) is 48.7 Å². The number of ether oxygens (including phenoxy) is 1. The monoisotopic (exact) mass is 425 g/mol. The molecule has 0 saturated carbocycles. The fourth-order valence-corrected chi connectivity index (χ4v) is 4.41. The van der Waals surface area contributed by atoms with Crippen LogP contribution in [0.3, 0.4) is 0 Å². The first-order valence-electron chi connectivity index (χ1n) is 11.1. The lowest BCUT2D eigenvalue weighted by Gasteiger charge is -2.39. The number of carboxylic acids is 1. The van der Waals surface area contributed by atoms with Crippen molar-refractivity contribution in [2.24, 2.45) is 5.92 Å². The molecule has 4 rings (SSSR count). The molecule has 166 valence electrons. The highest BCUT2D eigenvalue weighted by molar-refractivity contribution is 5.70. The van der Waals surface area contributed by atoms with Crippen molar-refractivity contribution in [2.75, 3.05) is 36.5 Å². The number of nitrogens with zero attached hydrogens (tertiary/aromatic N) is 3. The number of nitrogens with one attached hydrogen (secondary N) is 2. The van der Waals surface area contributed by atoms with Crippen LogP contribution in [0, 0.1) is 12.8 Å². The molecular formula is C23H31N5O3. The number of piperidine rings is 1. The van der Waals surface area contributed by atoms with Gasteiger partial charge >= 0.3 is 5.97 Å². The van der Waals surface area contributed by atoms with Gasteiger partial charge in [-0.2, -0.15) is 4.98 Å². The number of carbonyl (C=O) groups is 1. The smallest absolute Gasteiger partial charge is 0.306 e. The number of carboxylic acid groups (broad SMARTS) is 1. The Balaban J connectivity index is 1.48. The van der Waals surface area contributed by atoms with Crippen molar-refractivity contribution in [1.82, 2.24) is 15.3 Å². The van der Waals surface area contributed by atoms with Crippen molar-refractivity contribution in [2.45, 2.75) is 45.3 Å². The zero-order valence-electron chi connectivity index (χ0n) is 18.2. The second-order valence-electron chi connectivity index (χ2n) is 8.33. The molecule has 3 unspecified atom stereocenters. The predicted molar refractivity (Wildman–Crippen MR) is 120 cm³/mol. The standard InChI is InChI=1S/C23H31N5O3/c1-3-19-12-17(22(29)30)8-10-28(19)21-15(2)13-25-23(27-21)26-18-6-4-16(5-7-18)20-14-24-9-11-31-20/h4-7,13,17,19-20,24H,3,8-12,14H2,1-2H3,(H,29,30)(H,25,26,27). The van der Waals surface area contributed by atoms with Gasteiger partial charge in [0, 0.05) is 43.1 Å². The number of aliphatic carboxylic acids is 1. The van der Waals surface area contributed by atoms with Gasteiger partial charge in [-0.3, -0.25) is 4.79 Å². The molecule has 0 spiro atoms. The van der Waals surface area contributed by atoms with Gasteiger partial charge in [0.1, 0.15) is 5.82 Å². The molecule has 3 atom stereocenters. The number of hydrogen-bond acceptors (Lipinski definition) is 7. The van der Waals surface area contributed by atoms with Crippen molar-refractivity contribution >= 4 is 23.4 Å². The van der Waals surface area contributed by atoms with Gasteiger partial charge < -0.3 is 25.4 Å². The fraction of sp³-hybridized carbons (Fsp3) is 0.522. The highest BCUT2D eigenvalue weighted by atomic mass is 16.5. The van der Waals surface area contributed by atoms with Crippen LogP contribution in [0.1, 0.15) is 43.4 Å². The van der Waals surface area contributed by atoms with E-state index < -0.39 is 5.97 Å². The van der Waals surface area contributed by atoms with Crippen molar-refractivity contribution in [3.05, 3.63) is 41.6 Å². The van der Waals surface area contributed by atoms with E-state index in [1.54, 1.807) is 0 Å². The number of morpholine rings is 1. The average molecular weight is 426 g/mol. The van der Waals surface area contributed by atoms with E-state index in [2.05, 4.69) is 39.6 Å². The molecule has 2 fully saturated rings. The Hall–Kier alpha value is -2.71. The summed E-state index contributed by atoms with van der Waals surface area (Å²) in [6.07, 6.45) is 4.09. The molecule has 3 heterocycles. The third kappa shape index (κ3) is 4.97. The summed E-state index contributed by atoms with van der Waals surface area (Å²) in [5.74, 6) is 0.450. The molecule has 8 nitrogen and oxygen atoms in total. The van der Waals surface area contributed by atoms with Crippen LogP contribution in [0.5, 0.6) is 0 Å². The summed E-state index contributed by atoms with van der Waals surface area (Å²) in [5, 5.41) is 16.1. The van der Waals surface area contributed by atoms with Crippen LogP contribution >= 0.6 is 0 Å². The summed E-state index contributed by atoms with van der Waals surface area (Å²) in [5.41, 5.74) is 3.06. The quantitative estimate of drug-likeness (QED) is 0.649. The summed E-state index contributed by atoms with van der Waals surface area (Å²) in [6, 6.07) is 8.34. The van der Waals surface area contributed by atoms with E-state index in [9.17, 15) is 9.90 Å². The number of hydrogen-bond donors (Lipinski definition) is 3.